The van der Waals surface area contributed by atoms with Crippen LogP contribution in [0.2, 0.25) is 0 Å². The van der Waals surface area contributed by atoms with Crippen LogP contribution in [0.5, 0.6) is 0 Å². The van der Waals surface area contributed by atoms with Crippen molar-refractivity contribution in [3.63, 3.8) is 0 Å². The second kappa shape index (κ2) is 7.52. The number of rotatable bonds is 6. The van der Waals surface area contributed by atoms with Crippen molar-refractivity contribution in [3.8, 4) is 0 Å². The third kappa shape index (κ3) is 4.37. The predicted octanol–water partition coefficient (Wildman–Crippen LogP) is 3.27. The number of benzene rings is 2. The van der Waals surface area contributed by atoms with Gasteiger partial charge in [0.05, 0.1) is 22.3 Å². The van der Waals surface area contributed by atoms with E-state index in [0.29, 0.717) is 11.1 Å². The molecule has 0 saturated carbocycles. The van der Waals surface area contributed by atoms with E-state index in [0.717, 1.165) is 0 Å². The lowest BCUT2D eigenvalue weighted by atomic mass is 10.1. The van der Waals surface area contributed by atoms with Gasteiger partial charge in [-0.25, -0.2) is 0 Å². The molecule has 2 aromatic rings. The summed E-state index contributed by atoms with van der Waals surface area (Å²) in [6, 6.07) is 11.6. The number of nitro benzene ring substituents is 2. The first-order chi connectivity index (χ1) is 11.8. The number of non-ortho nitro benzene ring substituents is 2. The molecule has 0 saturated heterocycles. The van der Waals surface area contributed by atoms with E-state index in [9.17, 15) is 25.0 Å². The van der Waals surface area contributed by atoms with Crippen molar-refractivity contribution < 1.29 is 14.6 Å². The number of carbonyl (C=O) groups excluding carboxylic acids is 1. The summed E-state index contributed by atoms with van der Waals surface area (Å²) in [5, 5.41) is 21.5. The minimum atomic E-state index is -0.498. The van der Waals surface area contributed by atoms with Crippen LogP contribution in [0.15, 0.2) is 48.5 Å². The Balaban J connectivity index is 2.09. The van der Waals surface area contributed by atoms with Crippen molar-refractivity contribution in [1.82, 2.24) is 4.90 Å². The molecule has 0 aliphatic heterocycles. The van der Waals surface area contributed by atoms with Gasteiger partial charge >= 0.3 is 0 Å². The molecule has 130 valence electrons. The van der Waals surface area contributed by atoms with E-state index in [-0.39, 0.29) is 29.7 Å². The van der Waals surface area contributed by atoms with Gasteiger partial charge in [-0.1, -0.05) is 24.3 Å². The smallest absolute Gasteiger partial charge is 0.269 e. The van der Waals surface area contributed by atoms with Crippen LogP contribution in [0, 0.1) is 20.2 Å². The predicted molar refractivity (Wildman–Crippen MR) is 91.1 cm³/mol. The lowest BCUT2D eigenvalue weighted by Gasteiger charge is -2.25. The zero-order chi connectivity index (χ0) is 18.6. The van der Waals surface area contributed by atoms with Crippen molar-refractivity contribution in [2.24, 2.45) is 0 Å². The van der Waals surface area contributed by atoms with Gasteiger partial charge in [-0.2, -0.15) is 0 Å². The van der Waals surface area contributed by atoms with E-state index in [1.165, 1.54) is 29.2 Å². The number of hydrogen-bond acceptors (Lipinski definition) is 5. The molecule has 0 heterocycles. The second-order valence-corrected chi connectivity index (χ2v) is 5.63. The summed E-state index contributed by atoms with van der Waals surface area (Å²) in [6.45, 7) is 1.78. The number of hydrogen-bond donors (Lipinski definition) is 0. The summed E-state index contributed by atoms with van der Waals surface area (Å²) in [4.78, 5) is 34.5. The molecule has 0 aromatic heterocycles. The lowest BCUT2D eigenvalue weighted by molar-refractivity contribution is -0.385. The first kappa shape index (κ1) is 18.1. The van der Waals surface area contributed by atoms with Gasteiger partial charge < -0.3 is 4.90 Å². The highest BCUT2D eigenvalue weighted by molar-refractivity contribution is 5.79. The van der Waals surface area contributed by atoms with E-state index in [4.69, 9.17) is 0 Å². The molecule has 1 amide bonds. The van der Waals surface area contributed by atoms with Crippen molar-refractivity contribution in [2.45, 2.75) is 19.4 Å². The SMILES string of the molecule is C[C@H](c1cccc([N+](=O)[O-])c1)N(C)C(=O)Cc1ccc([N+](=O)[O-])cc1. The monoisotopic (exact) mass is 343 g/mol. The highest BCUT2D eigenvalue weighted by Crippen LogP contribution is 2.23. The fourth-order valence-corrected chi connectivity index (χ4v) is 2.37. The Bertz CT molecular complexity index is 804. The summed E-state index contributed by atoms with van der Waals surface area (Å²) in [7, 11) is 1.62. The standard InChI is InChI=1S/C17H17N3O5/c1-12(14-4-3-5-16(11-14)20(24)25)18(2)17(21)10-13-6-8-15(9-7-13)19(22)23/h3-9,11-12H,10H2,1-2H3/t12-/m1/s1. The summed E-state index contributed by atoms with van der Waals surface area (Å²) in [6.07, 6.45) is 0.0910. The molecule has 8 heteroatoms. The Kier molecular flexibility index (Phi) is 5.43. The van der Waals surface area contributed by atoms with Gasteiger partial charge in [0.15, 0.2) is 0 Å². The second-order valence-electron chi connectivity index (χ2n) is 5.63. The van der Waals surface area contributed by atoms with Crippen molar-refractivity contribution >= 4 is 17.3 Å². The van der Waals surface area contributed by atoms with E-state index >= 15 is 0 Å². The highest BCUT2D eigenvalue weighted by Gasteiger charge is 2.19. The number of nitrogens with zero attached hydrogens (tertiary/aromatic N) is 3. The fourth-order valence-electron chi connectivity index (χ4n) is 2.37. The quantitative estimate of drug-likeness (QED) is 0.591. The van der Waals surface area contributed by atoms with Gasteiger partial charge in [0.25, 0.3) is 11.4 Å². The number of amides is 1. The van der Waals surface area contributed by atoms with E-state index < -0.39 is 9.85 Å². The molecular weight excluding hydrogens is 326 g/mol. The van der Waals surface area contributed by atoms with E-state index in [1.807, 2.05) is 0 Å². The molecule has 0 aliphatic rings. The Labute approximate surface area is 144 Å². The largest absolute Gasteiger partial charge is 0.339 e. The van der Waals surface area contributed by atoms with Crippen LogP contribution in [-0.2, 0) is 11.2 Å². The molecule has 0 aliphatic carbocycles. The van der Waals surface area contributed by atoms with E-state index in [2.05, 4.69) is 0 Å². The molecule has 0 unspecified atom stereocenters. The maximum atomic E-state index is 12.4. The summed E-state index contributed by atoms with van der Waals surface area (Å²) >= 11 is 0. The molecule has 1 atom stereocenters. The van der Waals surface area contributed by atoms with Crippen LogP contribution >= 0.6 is 0 Å². The van der Waals surface area contributed by atoms with Crippen LogP contribution in [0.4, 0.5) is 11.4 Å². The molecule has 0 spiro atoms. The Hall–Kier alpha value is -3.29. The molecule has 0 N–H and O–H groups in total. The van der Waals surface area contributed by atoms with E-state index in [1.54, 1.807) is 38.2 Å². The van der Waals surface area contributed by atoms with Crippen LogP contribution in [0.3, 0.4) is 0 Å². The highest BCUT2D eigenvalue weighted by atomic mass is 16.6. The van der Waals surface area contributed by atoms with Gasteiger partial charge in [0, 0.05) is 31.3 Å². The van der Waals surface area contributed by atoms with Gasteiger partial charge in [0.2, 0.25) is 5.91 Å². The maximum Gasteiger partial charge on any atom is 0.269 e. The van der Waals surface area contributed by atoms with Crippen LogP contribution in [0.25, 0.3) is 0 Å². The first-order valence-corrected chi connectivity index (χ1v) is 7.53. The summed E-state index contributed by atoms with van der Waals surface area (Å²) < 4.78 is 0. The molecule has 8 nitrogen and oxygen atoms in total. The first-order valence-electron chi connectivity index (χ1n) is 7.53. The van der Waals surface area contributed by atoms with Crippen LogP contribution in [-0.4, -0.2) is 27.7 Å². The molecule has 2 aromatic carbocycles. The topological polar surface area (TPSA) is 107 Å². The average molecular weight is 343 g/mol. The molecule has 0 radical (unpaired) electrons. The molecule has 2 rings (SSSR count). The summed E-state index contributed by atoms with van der Waals surface area (Å²) in [5.41, 5.74) is 1.26. The van der Waals surface area contributed by atoms with Crippen molar-refractivity contribution in [1.29, 1.82) is 0 Å². The minimum absolute atomic E-state index is 0.0273. The molecule has 0 fully saturated rings. The Morgan fingerprint density at radius 2 is 1.64 bits per heavy atom. The van der Waals surface area contributed by atoms with Gasteiger partial charge in [-0.15, -0.1) is 0 Å². The van der Waals surface area contributed by atoms with Crippen molar-refractivity contribution in [2.75, 3.05) is 7.05 Å². The Morgan fingerprint density at radius 1 is 1.04 bits per heavy atom. The normalized spacial score (nSPS) is 11.6. The number of likely N-dealkylation sites (N-methyl/N-ethyl adjacent to an activating group) is 1. The molecule has 0 bridgehead atoms. The van der Waals surface area contributed by atoms with Crippen molar-refractivity contribution in [3.05, 3.63) is 79.9 Å². The van der Waals surface area contributed by atoms with Crippen LogP contribution in [0.1, 0.15) is 24.1 Å². The third-order valence-electron chi connectivity index (χ3n) is 4.04. The Morgan fingerprint density at radius 3 is 2.20 bits per heavy atom. The van der Waals surface area contributed by atoms with Gasteiger partial charge in [0.1, 0.15) is 0 Å². The van der Waals surface area contributed by atoms with Gasteiger partial charge in [-0.05, 0) is 18.1 Å². The maximum absolute atomic E-state index is 12.4. The molecule has 25 heavy (non-hydrogen) atoms. The van der Waals surface area contributed by atoms with Gasteiger partial charge in [-0.3, -0.25) is 25.0 Å². The van der Waals surface area contributed by atoms with Crippen LogP contribution < -0.4 is 0 Å². The summed E-state index contributed by atoms with van der Waals surface area (Å²) in [5.74, 6) is -0.187. The lowest BCUT2D eigenvalue weighted by Crippen LogP contribution is -2.31. The zero-order valence-corrected chi connectivity index (χ0v) is 13.8. The third-order valence-corrected chi connectivity index (χ3v) is 4.04. The zero-order valence-electron chi connectivity index (χ0n) is 13.8. The average Bonchev–Trinajstić information content (AvgIpc) is 2.60. The molecular formula is C17H17N3O5. The fraction of sp³-hybridized carbons (Fsp3) is 0.235. The number of carbonyl (C=O) groups is 1. The number of nitro groups is 2. The minimum Gasteiger partial charge on any atom is -0.339 e.